The minimum atomic E-state index is 0.147. The van der Waals surface area contributed by atoms with E-state index in [0.29, 0.717) is 5.92 Å². The molecule has 5 rings (SSSR count). The van der Waals surface area contributed by atoms with Gasteiger partial charge in [0.1, 0.15) is 0 Å². The summed E-state index contributed by atoms with van der Waals surface area (Å²) in [5.41, 5.74) is 14.1. The first-order chi connectivity index (χ1) is 22.5. The Bertz CT molecular complexity index is 1570. The van der Waals surface area contributed by atoms with Gasteiger partial charge in [0.05, 0.1) is 0 Å². The second kappa shape index (κ2) is 16.9. The molecule has 47 heavy (non-hydrogen) atoms. The predicted octanol–water partition coefficient (Wildman–Crippen LogP) is 11.8. The third kappa shape index (κ3) is 7.86. The van der Waals surface area contributed by atoms with Crippen LogP contribution in [0.15, 0.2) is 120 Å². The van der Waals surface area contributed by atoms with Crippen molar-refractivity contribution >= 4 is 5.57 Å². The van der Waals surface area contributed by atoms with Crippen molar-refractivity contribution in [2.75, 3.05) is 13.6 Å². The molecule has 2 nitrogen and oxygen atoms in total. The summed E-state index contributed by atoms with van der Waals surface area (Å²) in [4.78, 5) is 2.67. The van der Waals surface area contributed by atoms with Gasteiger partial charge in [0.2, 0.25) is 0 Å². The van der Waals surface area contributed by atoms with Gasteiger partial charge in [-0.3, -0.25) is 0 Å². The van der Waals surface area contributed by atoms with Crippen LogP contribution in [0.3, 0.4) is 0 Å². The van der Waals surface area contributed by atoms with Gasteiger partial charge in [-0.25, -0.2) is 0 Å². The molecule has 0 aromatic heterocycles. The number of fused-ring (bicyclic) bond motifs is 3. The lowest BCUT2D eigenvalue weighted by Crippen LogP contribution is -2.63. The Hall–Kier alpha value is -3.78. The van der Waals surface area contributed by atoms with Gasteiger partial charge >= 0.3 is 0 Å². The fourth-order valence-corrected chi connectivity index (χ4v) is 7.77. The zero-order valence-electron chi connectivity index (χ0n) is 31.6. The van der Waals surface area contributed by atoms with E-state index in [0.717, 1.165) is 25.8 Å². The zero-order chi connectivity index (χ0) is 34.8. The molecule has 1 saturated heterocycles. The van der Waals surface area contributed by atoms with Crippen molar-refractivity contribution in [2.24, 2.45) is 11.3 Å². The van der Waals surface area contributed by atoms with Crippen molar-refractivity contribution in [3.8, 4) is 0 Å². The van der Waals surface area contributed by atoms with E-state index in [4.69, 9.17) is 0 Å². The van der Waals surface area contributed by atoms with Crippen molar-refractivity contribution in [1.82, 2.24) is 10.2 Å². The normalized spacial score (nSPS) is 23.7. The van der Waals surface area contributed by atoms with Crippen molar-refractivity contribution in [3.05, 3.63) is 148 Å². The van der Waals surface area contributed by atoms with Crippen LogP contribution in [0, 0.1) is 32.1 Å². The van der Waals surface area contributed by atoms with E-state index in [1.54, 1.807) is 0 Å². The molecule has 2 aromatic carbocycles. The molecule has 0 radical (unpaired) electrons. The highest BCUT2D eigenvalue weighted by molar-refractivity contribution is 5.78. The maximum absolute atomic E-state index is 3.17. The standard InChI is InChI=1S/C22H27N.C21H29N.C2H6/c1-16-13-18(3)19(4)21(14-16)12-11-17(2)22(15-23-5)20-9-7-6-8-10-20;1-6-14-20(4)18-13-9-8-12-17(18)19-16(3)11-10-15-22(19)21(20,5)7-2;1-2/h6-11,13-15,23H,12H2,1-5H3;6,8-12,14,18H,7,13,15H2,1-5H3;1-2H3/b17-11-,22-15+;;. The minimum Gasteiger partial charge on any atom is -0.393 e. The van der Waals surface area contributed by atoms with E-state index < -0.39 is 0 Å². The molecular formula is C45H62N2. The molecule has 2 aliphatic heterocycles. The largest absolute Gasteiger partial charge is 0.393 e. The molecule has 0 saturated carbocycles. The van der Waals surface area contributed by atoms with Gasteiger partial charge in [-0.05, 0) is 112 Å². The number of hydrogen-bond acceptors (Lipinski definition) is 2. The SMILES string of the molecule is CC.CC=CC1(C)C2CC=CC=C2C2=C(C)C=CCN2C1(C)CC.CN/C=C(\C(C)=C/Cc1cc(C)cc(C)c1C)c1ccccc1. The number of aryl methyl sites for hydroxylation is 2. The van der Waals surface area contributed by atoms with Crippen molar-refractivity contribution in [2.45, 2.75) is 101 Å². The van der Waals surface area contributed by atoms with Gasteiger partial charge in [0, 0.05) is 42.4 Å². The van der Waals surface area contributed by atoms with Crippen LogP contribution in [-0.4, -0.2) is 24.0 Å². The van der Waals surface area contributed by atoms with Crippen LogP contribution >= 0.6 is 0 Å². The molecule has 1 fully saturated rings. The Labute approximate surface area is 288 Å². The molecule has 2 heterocycles. The Morgan fingerprint density at radius 2 is 1.72 bits per heavy atom. The maximum Gasteiger partial charge on any atom is 0.0469 e. The molecular weight excluding hydrogens is 569 g/mol. The summed E-state index contributed by atoms with van der Waals surface area (Å²) < 4.78 is 0. The first-order valence-corrected chi connectivity index (χ1v) is 17.8. The quantitative estimate of drug-likeness (QED) is 0.242. The maximum atomic E-state index is 3.17. The summed E-state index contributed by atoms with van der Waals surface area (Å²) in [5, 5.41) is 3.17. The number of nitrogens with zero attached hydrogens (tertiary/aromatic N) is 1. The lowest BCUT2D eigenvalue weighted by molar-refractivity contribution is -0.00976. The highest BCUT2D eigenvalue weighted by Gasteiger charge is 2.56. The van der Waals surface area contributed by atoms with E-state index >= 15 is 0 Å². The number of allylic oxidation sites excluding steroid dienone is 10. The van der Waals surface area contributed by atoms with Crippen LogP contribution in [0.5, 0.6) is 0 Å². The molecule has 1 aliphatic carbocycles. The third-order valence-electron chi connectivity index (χ3n) is 10.8. The fourth-order valence-electron chi connectivity index (χ4n) is 7.77. The van der Waals surface area contributed by atoms with Crippen LogP contribution in [0.1, 0.15) is 96.0 Å². The van der Waals surface area contributed by atoms with E-state index in [9.17, 15) is 0 Å². The van der Waals surface area contributed by atoms with Gasteiger partial charge in [-0.1, -0.05) is 124 Å². The summed E-state index contributed by atoms with van der Waals surface area (Å²) in [5.74, 6) is 0.575. The highest BCUT2D eigenvalue weighted by Crippen LogP contribution is 2.58. The third-order valence-corrected chi connectivity index (χ3v) is 10.8. The molecule has 0 amide bonds. The Kier molecular flexibility index (Phi) is 13.5. The number of rotatable bonds is 7. The van der Waals surface area contributed by atoms with Crippen molar-refractivity contribution in [1.29, 1.82) is 0 Å². The lowest BCUT2D eigenvalue weighted by Gasteiger charge is -2.62. The molecule has 2 heteroatoms. The average Bonchev–Trinajstić information content (AvgIpc) is 3.08. The molecule has 3 unspecified atom stereocenters. The van der Waals surface area contributed by atoms with Crippen LogP contribution in [0.4, 0.5) is 0 Å². The van der Waals surface area contributed by atoms with Crippen molar-refractivity contribution < 1.29 is 0 Å². The van der Waals surface area contributed by atoms with E-state index in [-0.39, 0.29) is 11.0 Å². The van der Waals surface area contributed by atoms with Crippen LogP contribution in [0.2, 0.25) is 0 Å². The van der Waals surface area contributed by atoms with Crippen LogP contribution in [0.25, 0.3) is 5.57 Å². The molecule has 252 valence electrons. The zero-order valence-corrected chi connectivity index (χ0v) is 31.6. The summed E-state index contributed by atoms with van der Waals surface area (Å²) in [6.07, 6.45) is 24.0. The number of hydrogen-bond donors (Lipinski definition) is 1. The van der Waals surface area contributed by atoms with Gasteiger partial charge in [0.25, 0.3) is 0 Å². The van der Waals surface area contributed by atoms with Gasteiger partial charge < -0.3 is 10.2 Å². The van der Waals surface area contributed by atoms with Gasteiger partial charge in [0.15, 0.2) is 0 Å². The average molecular weight is 631 g/mol. The molecule has 1 N–H and O–H groups in total. The molecule has 3 aliphatic rings. The van der Waals surface area contributed by atoms with E-state index in [1.807, 2.05) is 20.9 Å². The minimum absolute atomic E-state index is 0.147. The van der Waals surface area contributed by atoms with E-state index in [2.05, 4.69) is 170 Å². The fraction of sp³-hybridized carbons (Fsp3) is 0.422. The lowest BCUT2D eigenvalue weighted by atomic mass is 9.54. The molecule has 0 spiro atoms. The molecule has 3 atom stereocenters. The first kappa shape index (κ1) is 37.7. The monoisotopic (exact) mass is 630 g/mol. The molecule has 2 aromatic rings. The Morgan fingerprint density at radius 3 is 2.36 bits per heavy atom. The van der Waals surface area contributed by atoms with Gasteiger partial charge in [-0.15, -0.1) is 0 Å². The highest BCUT2D eigenvalue weighted by atomic mass is 15.2. The summed E-state index contributed by atoms with van der Waals surface area (Å²) in [7, 11) is 1.95. The second-order valence-corrected chi connectivity index (χ2v) is 13.5. The Morgan fingerprint density at radius 1 is 1.02 bits per heavy atom. The summed E-state index contributed by atoms with van der Waals surface area (Å²) in [6, 6.07) is 15.1. The molecule has 0 bridgehead atoms. The smallest absolute Gasteiger partial charge is 0.0469 e. The summed E-state index contributed by atoms with van der Waals surface area (Å²) in [6.45, 7) is 25.5. The van der Waals surface area contributed by atoms with Crippen LogP contribution < -0.4 is 5.32 Å². The number of nitrogens with one attached hydrogen (secondary N) is 1. The number of piperidine rings is 1. The van der Waals surface area contributed by atoms with E-state index in [1.165, 1.54) is 55.8 Å². The van der Waals surface area contributed by atoms with Crippen molar-refractivity contribution in [3.63, 3.8) is 0 Å². The summed E-state index contributed by atoms with van der Waals surface area (Å²) >= 11 is 0. The van der Waals surface area contributed by atoms with Crippen LogP contribution in [-0.2, 0) is 6.42 Å². The van der Waals surface area contributed by atoms with Gasteiger partial charge in [-0.2, -0.15) is 0 Å². The topological polar surface area (TPSA) is 15.3 Å². The first-order valence-electron chi connectivity index (χ1n) is 17.8. The Balaban J connectivity index is 0.000000243. The number of benzene rings is 2. The predicted molar refractivity (Wildman–Crippen MR) is 208 cm³/mol. The second-order valence-electron chi connectivity index (χ2n) is 13.5.